The van der Waals surface area contributed by atoms with Gasteiger partial charge in [-0.2, -0.15) is 10.4 Å². The fraction of sp³-hybridized carbons (Fsp3) is 0.269. The molecule has 1 aliphatic heterocycles. The Hall–Kier alpha value is -4.65. The number of rotatable bonds is 6. The quantitative estimate of drug-likeness (QED) is 0.412. The summed E-state index contributed by atoms with van der Waals surface area (Å²) in [5.41, 5.74) is 3.45. The number of amides is 1. The molecule has 0 aromatic carbocycles. The molecule has 0 N–H and O–H groups in total. The van der Waals surface area contributed by atoms with Crippen LogP contribution in [0.5, 0.6) is 11.6 Å². The minimum Gasteiger partial charge on any atom is -0.492 e. The van der Waals surface area contributed by atoms with Crippen molar-refractivity contribution in [2.75, 3.05) is 44.8 Å². The van der Waals surface area contributed by atoms with E-state index in [0.29, 0.717) is 55.5 Å². The average Bonchev–Trinajstić information content (AvgIpc) is 3.36. The maximum Gasteiger partial charge on any atom is 0.255 e. The summed E-state index contributed by atoms with van der Waals surface area (Å²) in [7, 11) is 1.55. The van der Waals surface area contributed by atoms with Crippen molar-refractivity contribution >= 4 is 17.2 Å². The molecule has 10 nitrogen and oxygen atoms in total. The van der Waals surface area contributed by atoms with Gasteiger partial charge in [-0.3, -0.25) is 4.79 Å². The number of fused-ring (bicyclic) bond motifs is 1. The molecule has 0 unspecified atom stereocenters. The number of carbonyl (C=O) groups is 1. The predicted octanol–water partition coefficient (Wildman–Crippen LogP) is 3.03. The Morgan fingerprint density at radius 1 is 1.08 bits per heavy atom. The molecule has 1 saturated heterocycles. The second-order valence-corrected chi connectivity index (χ2v) is 8.26. The minimum atomic E-state index is -0.0413. The zero-order valence-corrected chi connectivity index (χ0v) is 20.1. The highest BCUT2D eigenvalue weighted by molar-refractivity contribution is 5.94. The number of piperazine rings is 1. The molecule has 5 heterocycles. The van der Waals surface area contributed by atoms with Crippen LogP contribution in [0.3, 0.4) is 0 Å². The van der Waals surface area contributed by atoms with Crippen LogP contribution in [-0.4, -0.2) is 70.3 Å². The first kappa shape index (κ1) is 23.1. The molecule has 4 aromatic rings. The van der Waals surface area contributed by atoms with E-state index in [1.54, 1.807) is 48.5 Å². The van der Waals surface area contributed by atoms with E-state index in [0.717, 1.165) is 22.5 Å². The Labute approximate surface area is 208 Å². The number of hydrogen-bond donors (Lipinski definition) is 0. The van der Waals surface area contributed by atoms with Crippen LogP contribution in [0.25, 0.3) is 16.6 Å². The van der Waals surface area contributed by atoms with Crippen molar-refractivity contribution in [1.82, 2.24) is 24.5 Å². The maximum absolute atomic E-state index is 12.8. The minimum absolute atomic E-state index is 0.0413. The molecule has 1 amide bonds. The van der Waals surface area contributed by atoms with Crippen LogP contribution in [-0.2, 0) is 0 Å². The molecule has 1 fully saturated rings. The normalized spacial score (nSPS) is 13.5. The fourth-order valence-electron chi connectivity index (χ4n) is 4.33. The highest BCUT2D eigenvalue weighted by Crippen LogP contribution is 2.31. The van der Waals surface area contributed by atoms with Gasteiger partial charge in [0.2, 0.25) is 5.88 Å². The van der Waals surface area contributed by atoms with Crippen LogP contribution in [0.15, 0.2) is 55.1 Å². The average molecular weight is 484 g/mol. The Bertz CT molecular complexity index is 1420. The van der Waals surface area contributed by atoms with Gasteiger partial charge in [-0.1, -0.05) is 0 Å². The first-order valence-corrected chi connectivity index (χ1v) is 11.7. The van der Waals surface area contributed by atoms with Gasteiger partial charge in [0.15, 0.2) is 0 Å². The lowest BCUT2D eigenvalue weighted by atomic mass is 10.1. The number of ether oxygens (including phenoxy) is 2. The number of carbonyl (C=O) groups excluding carboxylic acids is 1. The lowest BCUT2D eigenvalue weighted by Crippen LogP contribution is -2.49. The molecule has 10 heteroatoms. The highest BCUT2D eigenvalue weighted by Gasteiger charge is 2.23. The van der Waals surface area contributed by atoms with Gasteiger partial charge in [0, 0.05) is 55.8 Å². The lowest BCUT2D eigenvalue weighted by molar-refractivity contribution is 0.0746. The van der Waals surface area contributed by atoms with Crippen LogP contribution >= 0.6 is 0 Å². The third kappa shape index (κ3) is 4.38. The van der Waals surface area contributed by atoms with Gasteiger partial charge in [-0.25, -0.2) is 14.5 Å². The number of anilines is 1. The van der Waals surface area contributed by atoms with Gasteiger partial charge in [-0.15, -0.1) is 0 Å². The molecule has 0 bridgehead atoms. The second-order valence-electron chi connectivity index (χ2n) is 8.26. The van der Waals surface area contributed by atoms with E-state index in [1.165, 1.54) is 0 Å². The number of methoxy groups -OCH3 is 1. The topological polar surface area (TPSA) is 109 Å². The molecule has 182 valence electrons. The monoisotopic (exact) mass is 483 g/mol. The third-order valence-corrected chi connectivity index (χ3v) is 6.16. The molecule has 0 radical (unpaired) electrons. The smallest absolute Gasteiger partial charge is 0.255 e. The van der Waals surface area contributed by atoms with Crippen molar-refractivity contribution in [3.63, 3.8) is 0 Å². The zero-order chi connectivity index (χ0) is 25.1. The van der Waals surface area contributed by atoms with Gasteiger partial charge in [0.05, 0.1) is 42.8 Å². The Kier molecular flexibility index (Phi) is 6.36. The molecular weight excluding hydrogens is 458 g/mol. The number of nitrogens with zero attached hydrogens (tertiary/aromatic N) is 7. The molecule has 0 spiro atoms. The van der Waals surface area contributed by atoms with E-state index in [1.807, 2.05) is 30.0 Å². The lowest BCUT2D eigenvalue weighted by Gasteiger charge is -2.35. The molecule has 1 aliphatic rings. The number of pyridine rings is 3. The van der Waals surface area contributed by atoms with Crippen molar-refractivity contribution in [1.29, 1.82) is 5.26 Å². The first-order valence-electron chi connectivity index (χ1n) is 11.7. The Balaban J connectivity index is 1.31. The maximum atomic E-state index is 12.8. The summed E-state index contributed by atoms with van der Waals surface area (Å²) < 4.78 is 12.4. The van der Waals surface area contributed by atoms with E-state index < -0.39 is 0 Å². The summed E-state index contributed by atoms with van der Waals surface area (Å²) in [4.78, 5) is 25.6. The van der Waals surface area contributed by atoms with E-state index in [2.05, 4.69) is 21.1 Å². The van der Waals surface area contributed by atoms with Gasteiger partial charge in [0.25, 0.3) is 5.91 Å². The van der Waals surface area contributed by atoms with Gasteiger partial charge in [0.1, 0.15) is 17.6 Å². The summed E-state index contributed by atoms with van der Waals surface area (Å²) in [5, 5.41) is 13.9. The van der Waals surface area contributed by atoms with Crippen LogP contribution in [0.1, 0.15) is 22.8 Å². The molecule has 0 aliphatic carbocycles. The van der Waals surface area contributed by atoms with Crippen LogP contribution in [0, 0.1) is 11.3 Å². The fourth-order valence-corrected chi connectivity index (χ4v) is 4.33. The predicted molar refractivity (Wildman–Crippen MR) is 133 cm³/mol. The van der Waals surface area contributed by atoms with Crippen LogP contribution in [0.4, 0.5) is 5.82 Å². The molecule has 36 heavy (non-hydrogen) atoms. The van der Waals surface area contributed by atoms with E-state index in [4.69, 9.17) is 14.5 Å². The van der Waals surface area contributed by atoms with Crippen molar-refractivity contribution < 1.29 is 14.3 Å². The summed E-state index contributed by atoms with van der Waals surface area (Å²) in [6.45, 7) is 4.97. The molecule has 0 saturated carbocycles. The highest BCUT2D eigenvalue weighted by atomic mass is 16.5. The number of hydrogen-bond acceptors (Lipinski definition) is 8. The van der Waals surface area contributed by atoms with E-state index in [-0.39, 0.29) is 5.91 Å². The second kappa shape index (κ2) is 9.92. The summed E-state index contributed by atoms with van der Waals surface area (Å²) in [6, 6.07) is 11.5. The number of nitriles is 1. The van der Waals surface area contributed by atoms with Crippen LogP contribution in [0.2, 0.25) is 0 Å². The van der Waals surface area contributed by atoms with Crippen molar-refractivity contribution in [2.45, 2.75) is 6.92 Å². The molecule has 4 aromatic heterocycles. The SMILES string of the molecule is CCOc1cc(-c2ccc(N3CCN(C(=O)c4ccc(OC)nc4)CC3)nc2)c2c(C#N)cnn2c1. The van der Waals surface area contributed by atoms with Gasteiger partial charge >= 0.3 is 0 Å². The van der Waals surface area contributed by atoms with Gasteiger partial charge < -0.3 is 19.3 Å². The number of aromatic nitrogens is 4. The molecular formula is C26H25N7O3. The zero-order valence-electron chi connectivity index (χ0n) is 20.1. The van der Waals surface area contributed by atoms with Gasteiger partial charge in [-0.05, 0) is 31.2 Å². The largest absolute Gasteiger partial charge is 0.492 e. The standard InChI is InChI=1S/C26H25N7O3/c1-3-36-21-12-22(25-20(13-27)16-30-33(25)17-21)18-4-6-23(28-14-18)31-8-10-32(11-9-31)26(34)19-5-7-24(35-2)29-15-19/h4-7,12,14-17H,3,8-11H2,1-2H3. The Morgan fingerprint density at radius 2 is 1.92 bits per heavy atom. The molecule has 5 rings (SSSR count). The van der Waals surface area contributed by atoms with Crippen LogP contribution < -0.4 is 14.4 Å². The molecule has 0 atom stereocenters. The third-order valence-electron chi connectivity index (χ3n) is 6.16. The van der Waals surface area contributed by atoms with E-state index in [9.17, 15) is 10.1 Å². The summed E-state index contributed by atoms with van der Waals surface area (Å²) in [5.74, 6) is 1.95. The first-order chi connectivity index (χ1) is 17.6. The van der Waals surface area contributed by atoms with E-state index >= 15 is 0 Å². The summed E-state index contributed by atoms with van der Waals surface area (Å²) in [6.07, 6.45) is 6.67. The van der Waals surface area contributed by atoms with Crippen molar-refractivity contribution in [2.24, 2.45) is 0 Å². The Morgan fingerprint density at radius 3 is 2.56 bits per heavy atom. The van der Waals surface area contributed by atoms with Crippen molar-refractivity contribution in [3.05, 3.63) is 66.2 Å². The summed E-state index contributed by atoms with van der Waals surface area (Å²) >= 11 is 0. The van der Waals surface area contributed by atoms with Crippen molar-refractivity contribution in [3.8, 4) is 28.8 Å².